The van der Waals surface area contributed by atoms with Crippen molar-refractivity contribution in [2.45, 2.75) is 38.6 Å². The van der Waals surface area contributed by atoms with E-state index in [1.807, 2.05) is 0 Å². The SMILES string of the molecule is CCN1CCCC1CNC(=NC)NCCCCOc1ccc(F)cc1.I. The van der Waals surface area contributed by atoms with Crippen molar-refractivity contribution < 1.29 is 9.13 Å². The van der Waals surface area contributed by atoms with Gasteiger partial charge >= 0.3 is 0 Å². The van der Waals surface area contributed by atoms with E-state index in [4.69, 9.17) is 4.74 Å². The van der Waals surface area contributed by atoms with Crippen LogP contribution < -0.4 is 15.4 Å². The lowest BCUT2D eigenvalue weighted by molar-refractivity contribution is 0.267. The van der Waals surface area contributed by atoms with Crippen molar-refractivity contribution in [3.8, 4) is 5.75 Å². The molecule has 0 saturated carbocycles. The van der Waals surface area contributed by atoms with Gasteiger partial charge in [0, 0.05) is 26.2 Å². The summed E-state index contributed by atoms with van der Waals surface area (Å²) in [6, 6.07) is 6.75. The van der Waals surface area contributed by atoms with Crippen LogP contribution in [0.2, 0.25) is 0 Å². The molecule has 5 nitrogen and oxygen atoms in total. The Labute approximate surface area is 173 Å². The smallest absolute Gasteiger partial charge is 0.191 e. The van der Waals surface area contributed by atoms with Crippen LogP contribution in [-0.4, -0.2) is 56.7 Å². The highest BCUT2D eigenvalue weighted by Gasteiger charge is 2.22. The fourth-order valence-corrected chi connectivity index (χ4v) is 3.13. The molecule has 1 aliphatic rings. The number of rotatable bonds is 9. The summed E-state index contributed by atoms with van der Waals surface area (Å²) in [4.78, 5) is 6.80. The van der Waals surface area contributed by atoms with E-state index < -0.39 is 0 Å². The molecule has 1 aromatic rings. The maximum atomic E-state index is 12.8. The molecule has 0 aromatic heterocycles. The van der Waals surface area contributed by atoms with Crippen LogP contribution in [-0.2, 0) is 0 Å². The number of benzene rings is 1. The highest BCUT2D eigenvalue weighted by atomic mass is 127. The molecule has 1 aromatic carbocycles. The number of ether oxygens (including phenoxy) is 1. The Morgan fingerprint density at radius 2 is 2.04 bits per heavy atom. The van der Waals surface area contributed by atoms with Crippen LogP contribution in [0, 0.1) is 5.82 Å². The number of nitrogens with one attached hydrogen (secondary N) is 2. The zero-order valence-corrected chi connectivity index (χ0v) is 18.2. The van der Waals surface area contributed by atoms with Crippen LogP contribution in [0.4, 0.5) is 4.39 Å². The van der Waals surface area contributed by atoms with Crippen molar-refractivity contribution in [2.24, 2.45) is 4.99 Å². The third-order valence-corrected chi connectivity index (χ3v) is 4.58. The van der Waals surface area contributed by atoms with Crippen LogP contribution in [0.1, 0.15) is 32.6 Å². The summed E-state index contributed by atoms with van der Waals surface area (Å²) in [5.41, 5.74) is 0. The van der Waals surface area contributed by atoms with Gasteiger partial charge in [0.2, 0.25) is 0 Å². The number of hydrogen-bond donors (Lipinski definition) is 2. The van der Waals surface area contributed by atoms with Crippen molar-refractivity contribution in [2.75, 3.05) is 39.8 Å². The number of nitrogens with zero attached hydrogens (tertiary/aromatic N) is 2. The Morgan fingerprint density at radius 3 is 2.73 bits per heavy atom. The van der Waals surface area contributed by atoms with Gasteiger partial charge in [0.1, 0.15) is 11.6 Å². The summed E-state index contributed by atoms with van der Waals surface area (Å²) in [6.07, 6.45) is 4.48. The fourth-order valence-electron chi connectivity index (χ4n) is 3.13. The minimum absolute atomic E-state index is 0. The first-order valence-corrected chi connectivity index (χ1v) is 9.30. The zero-order chi connectivity index (χ0) is 17.9. The number of likely N-dealkylation sites (N-methyl/N-ethyl adjacent to an activating group) is 1. The van der Waals surface area contributed by atoms with Gasteiger partial charge in [-0.25, -0.2) is 4.39 Å². The predicted octanol–water partition coefficient (Wildman–Crippen LogP) is 3.25. The molecule has 1 heterocycles. The second-order valence-electron chi connectivity index (χ2n) is 6.31. The lowest BCUT2D eigenvalue weighted by Crippen LogP contribution is -2.45. The number of likely N-dealkylation sites (tertiary alicyclic amines) is 1. The lowest BCUT2D eigenvalue weighted by Gasteiger charge is -2.24. The Kier molecular flexibility index (Phi) is 11.6. The molecule has 7 heteroatoms. The molecule has 1 aliphatic heterocycles. The molecule has 148 valence electrons. The minimum Gasteiger partial charge on any atom is -0.494 e. The van der Waals surface area contributed by atoms with Gasteiger partial charge in [0.05, 0.1) is 6.61 Å². The maximum absolute atomic E-state index is 12.8. The first-order valence-electron chi connectivity index (χ1n) is 9.30. The molecule has 26 heavy (non-hydrogen) atoms. The second-order valence-corrected chi connectivity index (χ2v) is 6.31. The van der Waals surface area contributed by atoms with Gasteiger partial charge < -0.3 is 15.4 Å². The Hall–Kier alpha value is -1.09. The third kappa shape index (κ3) is 8.07. The number of guanidine groups is 1. The number of halogens is 2. The molecule has 0 spiro atoms. The van der Waals surface area contributed by atoms with E-state index in [-0.39, 0.29) is 29.8 Å². The molecule has 1 saturated heterocycles. The van der Waals surface area contributed by atoms with Crippen molar-refractivity contribution in [3.05, 3.63) is 30.1 Å². The molecule has 2 N–H and O–H groups in total. The largest absolute Gasteiger partial charge is 0.494 e. The van der Waals surface area contributed by atoms with Gasteiger partial charge in [-0.15, -0.1) is 24.0 Å². The molecule has 2 rings (SSSR count). The van der Waals surface area contributed by atoms with Crippen LogP contribution >= 0.6 is 24.0 Å². The van der Waals surface area contributed by atoms with Crippen molar-refractivity contribution in [1.29, 1.82) is 0 Å². The van der Waals surface area contributed by atoms with E-state index in [0.717, 1.165) is 38.4 Å². The third-order valence-electron chi connectivity index (χ3n) is 4.58. The van der Waals surface area contributed by atoms with Gasteiger partial charge in [-0.2, -0.15) is 0 Å². The average Bonchev–Trinajstić information content (AvgIpc) is 3.09. The summed E-state index contributed by atoms with van der Waals surface area (Å²) in [5.74, 6) is 1.33. The standard InChI is InChI=1S/C19H31FN4O.HI/c1-3-24-13-6-7-17(24)15-23-19(21-2)22-12-4-5-14-25-18-10-8-16(20)9-11-18;/h8-11,17H,3-7,12-15H2,1-2H3,(H2,21,22,23);1H. The summed E-state index contributed by atoms with van der Waals surface area (Å²) in [5, 5.41) is 6.78. The molecule has 1 fully saturated rings. The number of aliphatic imine (C=N–C) groups is 1. The molecular formula is C19H32FIN4O. The fraction of sp³-hybridized carbons (Fsp3) is 0.632. The highest BCUT2D eigenvalue weighted by molar-refractivity contribution is 14.0. The Balaban J connectivity index is 0.00000338. The van der Waals surface area contributed by atoms with Gasteiger partial charge in [-0.3, -0.25) is 9.89 Å². The number of hydrogen-bond acceptors (Lipinski definition) is 3. The molecule has 0 radical (unpaired) electrons. The molecule has 0 amide bonds. The summed E-state index contributed by atoms with van der Waals surface area (Å²) < 4.78 is 18.4. The Bertz CT molecular complexity index is 527. The van der Waals surface area contributed by atoms with Gasteiger partial charge in [0.15, 0.2) is 5.96 Å². The molecule has 0 aliphatic carbocycles. The monoisotopic (exact) mass is 478 g/mol. The van der Waals surface area contributed by atoms with Crippen LogP contribution in [0.5, 0.6) is 5.75 Å². The summed E-state index contributed by atoms with van der Waals surface area (Å²) in [6.45, 7) is 6.98. The van der Waals surface area contributed by atoms with Crippen molar-refractivity contribution in [1.82, 2.24) is 15.5 Å². The van der Waals surface area contributed by atoms with E-state index in [9.17, 15) is 4.39 Å². The van der Waals surface area contributed by atoms with E-state index in [0.29, 0.717) is 18.4 Å². The summed E-state index contributed by atoms with van der Waals surface area (Å²) in [7, 11) is 1.80. The highest BCUT2D eigenvalue weighted by Crippen LogP contribution is 2.15. The zero-order valence-electron chi connectivity index (χ0n) is 15.8. The van der Waals surface area contributed by atoms with E-state index in [2.05, 4.69) is 27.4 Å². The van der Waals surface area contributed by atoms with Crippen LogP contribution in [0.15, 0.2) is 29.3 Å². The van der Waals surface area contributed by atoms with Crippen molar-refractivity contribution in [3.63, 3.8) is 0 Å². The van der Waals surface area contributed by atoms with E-state index in [1.54, 1.807) is 19.2 Å². The quantitative estimate of drug-likeness (QED) is 0.248. The Morgan fingerprint density at radius 1 is 1.27 bits per heavy atom. The molecule has 0 bridgehead atoms. The number of unbranched alkanes of at least 4 members (excludes halogenated alkanes) is 1. The topological polar surface area (TPSA) is 48.9 Å². The van der Waals surface area contributed by atoms with Gasteiger partial charge in [0.25, 0.3) is 0 Å². The van der Waals surface area contributed by atoms with Gasteiger partial charge in [-0.05, 0) is 63.0 Å². The first-order chi connectivity index (χ1) is 12.2. The second kappa shape index (κ2) is 13.1. The predicted molar refractivity (Wildman–Crippen MR) is 116 cm³/mol. The van der Waals surface area contributed by atoms with Crippen LogP contribution in [0.25, 0.3) is 0 Å². The summed E-state index contributed by atoms with van der Waals surface area (Å²) >= 11 is 0. The average molecular weight is 478 g/mol. The normalized spacial score (nSPS) is 17.7. The molecular weight excluding hydrogens is 446 g/mol. The van der Waals surface area contributed by atoms with Gasteiger partial charge in [-0.1, -0.05) is 6.92 Å². The van der Waals surface area contributed by atoms with Crippen LogP contribution in [0.3, 0.4) is 0 Å². The van der Waals surface area contributed by atoms with E-state index >= 15 is 0 Å². The van der Waals surface area contributed by atoms with Crippen molar-refractivity contribution >= 4 is 29.9 Å². The lowest BCUT2D eigenvalue weighted by atomic mass is 10.2. The first kappa shape index (κ1) is 23.0. The van der Waals surface area contributed by atoms with E-state index in [1.165, 1.54) is 31.5 Å². The molecule has 1 atom stereocenters. The maximum Gasteiger partial charge on any atom is 0.191 e. The minimum atomic E-state index is -0.241. The molecule has 1 unspecified atom stereocenters.